The van der Waals surface area contributed by atoms with E-state index in [1.165, 1.54) is 0 Å². The lowest BCUT2D eigenvalue weighted by atomic mass is 10.1. The van der Waals surface area contributed by atoms with E-state index in [2.05, 4.69) is 10.1 Å². The molecular weight excluding hydrogens is 325 g/mol. The van der Waals surface area contributed by atoms with Gasteiger partial charge in [-0.2, -0.15) is 18.2 Å². The van der Waals surface area contributed by atoms with Crippen molar-refractivity contribution >= 4 is 5.91 Å². The predicted octanol–water partition coefficient (Wildman–Crippen LogP) is 2.25. The summed E-state index contributed by atoms with van der Waals surface area (Å²) in [7, 11) is 0. The van der Waals surface area contributed by atoms with Gasteiger partial charge in [0.05, 0.1) is 12.1 Å². The molecule has 3 heterocycles. The fourth-order valence-corrected chi connectivity index (χ4v) is 3.72. The maximum Gasteiger partial charge on any atom is 0.406 e. The summed E-state index contributed by atoms with van der Waals surface area (Å²) in [6.07, 6.45) is -0.151. The van der Waals surface area contributed by atoms with E-state index < -0.39 is 24.7 Å². The first-order valence-corrected chi connectivity index (χ1v) is 8.37. The molecule has 1 aliphatic carbocycles. The monoisotopic (exact) mass is 344 g/mol. The van der Waals surface area contributed by atoms with Crippen LogP contribution in [0.25, 0.3) is 0 Å². The second kappa shape index (κ2) is 5.72. The van der Waals surface area contributed by atoms with Gasteiger partial charge in [-0.1, -0.05) is 5.16 Å². The number of alkyl halides is 3. The zero-order chi connectivity index (χ0) is 16.9. The molecule has 0 radical (unpaired) electrons. The minimum atomic E-state index is -4.36. The Bertz CT molecular complexity index is 628. The van der Waals surface area contributed by atoms with Crippen molar-refractivity contribution in [3.8, 4) is 0 Å². The maximum absolute atomic E-state index is 12.6. The molecular formula is C15H19F3N4O2. The van der Waals surface area contributed by atoms with Crippen LogP contribution in [-0.2, 0) is 4.79 Å². The van der Waals surface area contributed by atoms with Crippen molar-refractivity contribution < 1.29 is 22.5 Å². The highest BCUT2D eigenvalue weighted by molar-refractivity contribution is 5.84. The third-order valence-electron chi connectivity index (χ3n) is 5.02. The van der Waals surface area contributed by atoms with Gasteiger partial charge >= 0.3 is 6.18 Å². The number of likely N-dealkylation sites (tertiary alicyclic amines) is 2. The van der Waals surface area contributed by atoms with E-state index in [0.29, 0.717) is 30.6 Å². The molecule has 132 valence electrons. The summed E-state index contributed by atoms with van der Waals surface area (Å²) in [5, 5.41) is 4.05. The number of hydrogen-bond donors (Lipinski definition) is 0. The van der Waals surface area contributed by atoms with Crippen LogP contribution in [0.5, 0.6) is 0 Å². The van der Waals surface area contributed by atoms with Crippen molar-refractivity contribution in [1.82, 2.24) is 19.9 Å². The Morgan fingerprint density at radius 1 is 1.12 bits per heavy atom. The Hall–Kier alpha value is -1.64. The highest BCUT2D eigenvalue weighted by Crippen LogP contribution is 2.41. The number of hydrogen-bond acceptors (Lipinski definition) is 5. The topological polar surface area (TPSA) is 62.5 Å². The third kappa shape index (κ3) is 3.01. The lowest BCUT2D eigenvalue weighted by Crippen LogP contribution is -2.43. The number of carbonyl (C=O) groups is 1. The third-order valence-corrected chi connectivity index (χ3v) is 5.02. The molecule has 1 aromatic heterocycles. The molecule has 2 unspecified atom stereocenters. The zero-order valence-electron chi connectivity index (χ0n) is 13.1. The Morgan fingerprint density at radius 3 is 2.62 bits per heavy atom. The van der Waals surface area contributed by atoms with Crippen LogP contribution in [0.2, 0.25) is 0 Å². The van der Waals surface area contributed by atoms with Gasteiger partial charge in [-0.25, -0.2) is 0 Å². The lowest BCUT2D eigenvalue weighted by Gasteiger charge is -2.27. The molecule has 4 rings (SSSR count). The quantitative estimate of drug-likeness (QED) is 0.838. The minimum absolute atomic E-state index is 0.138. The molecule has 2 saturated heterocycles. The molecule has 1 saturated carbocycles. The number of aromatic nitrogens is 2. The smallest absolute Gasteiger partial charge is 0.339 e. The first-order chi connectivity index (χ1) is 11.4. The van der Waals surface area contributed by atoms with Crippen molar-refractivity contribution in [2.24, 2.45) is 0 Å². The Balaban J connectivity index is 1.47. The van der Waals surface area contributed by atoms with Crippen molar-refractivity contribution in [3.63, 3.8) is 0 Å². The molecule has 24 heavy (non-hydrogen) atoms. The molecule has 6 nitrogen and oxygen atoms in total. The number of halogens is 3. The van der Waals surface area contributed by atoms with Crippen molar-refractivity contribution in [3.05, 3.63) is 11.7 Å². The largest absolute Gasteiger partial charge is 0.406 e. The van der Waals surface area contributed by atoms with Crippen molar-refractivity contribution in [1.29, 1.82) is 0 Å². The second-order valence-corrected chi connectivity index (χ2v) is 6.84. The summed E-state index contributed by atoms with van der Waals surface area (Å²) < 4.78 is 43.0. The van der Waals surface area contributed by atoms with Crippen molar-refractivity contribution in [2.45, 2.75) is 56.3 Å². The van der Waals surface area contributed by atoms with E-state index in [9.17, 15) is 18.0 Å². The van der Waals surface area contributed by atoms with Crippen LogP contribution in [0, 0.1) is 0 Å². The number of carbonyl (C=O) groups excluding carboxylic acids is 1. The minimum Gasteiger partial charge on any atom is -0.339 e. The van der Waals surface area contributed by atoms with E-state index in [-0.39, 0.29) is 12.6 Å². The van der Waals surface area contributed by atoms with Gasteiger partial charge in [0.15, 0.2) is 5.82 Å². The molecule has 0 N–H and O–H groups in total. The van der Waals surface area contributed by atoms with Gasteiger partial charge < -0.3 is 9.42 Å². The Kier molecular flexibility index (Phi) is 3.78. The van der Waals surface area contributed by atoms with E-state index in [1.807, 2.05) is 4.90 Å². The molecule has 0 spiro atoms. The number of nitrogens with zero attached hydrogens (tertiary/aromatic N) is 4. The normalized spacial score (nSPS) is 29.0. The summed E-state index contributed by atoms with van der Waals surface area (Å²) in [5.41, 5.74) is 0. The number of amides is 1. The molecule has 2 aliphatic heterocycles. The molecule has 0 bridgehead atoms. The van der Waals surface area contributed by atoms with E-state index in [0.717, 1.165) is 30.6 Å². The molecule has 1 aromatic rings. The highest BCUT2D eigenvalue weighted by atomic mass is 19.4. The molecule has 1 amide bonds. The lowest BCUT2D eigenvalue weighted by molar-refractivity contribution is -0.159. The summed E-state index contributed by atoms with van der Waals surface area (Å²) in [5.74, 6) is 1.13. The van der Waals surface area contributed by atoms with Gasteiger partial charge in [0.25, 0.3) is 0 Å². The van der Waals surface area contributed by atoms with Gasteiger partial charge in [-0.15, -0.1) is 0 Å². The average molecular weight is 344 g/mol. The van der Waals surface area contributed by atoms with Crippen LogP contribution in [0.4, 0.5) is 13.2 Å². The molecule has 2 atom stereocenters. The van der Waals surface area contributed by atoms with Crippen LogP contribution in [0.15, 0.2) is 4.52 Å². The van der Waals surface area contributed by atoms with Crippen LogP contribution in [-0.4, -0.2) is 57.7 Å². The first-order valence-electron chi connectivity index (χ1n) is 8.37. The first kappa shape index (κ1) is 15.9. The molecule has 3 fully saturated rings. The predicted molar refractivity (Wildman–Crippen MR) is 76.0 cm³/mol. The Labute approximate surface area is 137 Å². The zero-order valence-corrected chi connectivity index (χ0v) is 13.1. The van der Waals surface area contributed by atoms with E-state index in [1.54, 1.807) is 0 Å². The van der Waals surface area contributed by atoms with Gasteiger partial charge in [0.1, 0.15) is 6.54 Å². The fraction of sp³-hybridized carbons (Fsp3) is 0.800. The number of rotatable bonds is 4. The molecule has 3 aliphatic rings. The summed E-state index contributed by atoms with van der Waals surface area (Å²) in [4.78, 5) is 19.7. The van der Waals surface area contributed by atoms with E-state index >= 15 is 0 Å². The summed E-state index contributed by atoms with van der Waals surface area (Å²) >= 11 is 0. The fourth-order valence-electron chi connectivity index (χ4n) is 3.72. The van der Waals surface area contributed by atoms with Gasteiger partial charge in [-0.05, 0) is 38.6 Å². The van der Waals surface area contributed by atoms with E-state index in [4.69, 9.17) is 4.52 Å². The van der Waals surface area contributed by atoms with Crippen LogP contribution < -0.4 is 0 Å². The Morgan fingerprint density at radius 2 is 1.92 bits per heavy atom. The average Bonchev–Trinajstić information content (AvgIpc) is 2.93. The standard InChI is InChI=1S/C15H19F3N4O2/c16-15(17,18)8-21-7-5-11(14(21)23)22-6-1-2-10(22)12-19-13(24-20-12)9-3-4-9/h9-11H,1-8H2. The van der Waals surface area contributed by atoms with Gasteiger partial charge in [0, 0.05) is 12.5 Å². The summed E-state index contributed by atoms with van der Waals surface area (Å²) in [6, 6.07) is -0.649. The van der Waals surface area contributed by atoms with Crippen LogP contribution in [0.1, 0.15) is 55.8 Å². The molecule has 9 heteroatoms. The summed E-state index contributed by atoms with van der Waals surface area (Å²) in [6.45, 7) is -0.352. The molecule has 0 aromatic carbocycles. The van der Waals surface area contributed by atoms with Gasteiger partial charge in [0.2, 0.25) is 11.8 Å². The SMILES string of the molecule is O=C1C(N2CCCC2c2noc(C3CC3)n2)CCN1CC(F)(F)F. The second-order valence-electron chi connectivity index (χ2n) is 6.84. The maximum atomic E-state index is 12.6. The van der Waals surface area contributed by atoms with Crippen LogP contribution in [0.3, 0.4) is 0 Å². The van der Waals surface area contributed by atoms with Gasteiger partial charge in [-0.3, -0.25) is 9.69 Å². The van der Waals surface area contributed by atoms with Crippen LogP contribution >= 0.6 is 0 Å². The van der Waals surface area contributed by atoms with Crippen molar-refractivity contribution in [2.75, 3.05) is 19.6 Å². The highest BCUT2D eigenvalue weighted by Gasteiger charge is 2.45.